The number of nitrogen functional groups attached to an aromatic ring is 1. The number of aryl methyl sites for hydroxylation is 4. The molecule has 2 rings (SSSR count). The van der Waals surface area contributed by atoms with E-state index in [0.717, 1.165) is 26.9 Å². The third kappa shape index (κ3) is 3.46. The molecule has 2 heterocycles. The van der Waals surface area contributed by atoms with Gasteiger partial charge in [-0.05, 0) is 32.8 Å². The first kappa shape index (κ1) is 17.6. The zero-order valence-electron chi connectivity index (χ0n) is 14.2. The second-order valence-electron chi connectivity index (χ2n) is 5.75. The summed E-state index contributed by atoms with van der Waals surface area (Å²) in [6.07, 6.45) is 0.653. The maximum absolute atomic E-state index is 11.7. The van der Waals surface area contributed by atoms with Gasteiger partial charge in [-0.1, -0.05) is 0 Å². The average molecular weight is 340 g/mol. The molecule has 9 heteroatoms. The summed E-state index contributed by atoms with van der Waals surface area (Å²) in [7, 11) is -0.389. The van der Waals surface area contributed by atoms with Crippen molar-refractivity contribution in [2.45, 2.75) is 33.7 Å². The molecule has 0 saturated carbocycles. The fourth-order valence-corrected chi connectivity index (χ4v) is 3.11. The quantitative estimate of drug-likeness (QED) is 0.754. The SMILES string of the molecule is Cc1nc(N)c2nc(C)n(CCCNS(=O)(=O)N(C)C)c2c1C. The lowest BCUT2D eigenvalue weighted by Crippen LogP contribution is -2.36. The molecule has 0 saturated heterocycles. The fraction of sp³-hybridized carbons (Fsp3) is 0.571. The lowest BCUT2D eigenvalue weighted by molar-refractivity contribution is 0.501. The number of nitrogens with zero attached hydrogens (tertiary/aromatic N) is 4. The van der Waals surface area contributed by atoms with Gasteiger partial charge >= 0.3 is 0 Å². The molecule has 0 spiro atoms. The first-order valence-corrected chi connectivity index (χ1v) is 8.85. The van der Waals surface area contributed by atoms with Crippen LogP contribution in [0.4, 0.5) is 5.82 Å². The highest BCUT2D eigenvalue weighted by Crippen LogP contribution is 2.25. The van der Waals surface area contributed by atoms with E-state index in [9.17, 15) is 8.42 Å². The minimum Gasteiger partial charge on any atom is -0.382 e. The van der Waals surface area contributed by atoms with Gasteiger partial charge in [-0.25, -0.2) is 14.7 Å². The van der Waals surface area contributed by atoms with E-state index >= 15 is 0 Å². The summed E-state index contributed by atoms with van der Waals surface area (Å²) in [6, 6.07) is 0. The number of rotatable bonds is 6. The van der Waals surface area contributed by atoms with Gasteiger partial charge in [-0.15, -0.1) is 0 Å². The lowest BCUT2D eigenvalue weighted by atomic mass is 10.2. The second kappa shape index (κ2) is 6.42. The van der Waals surface area contributed by atoms with Crippen molar-refractivity contribution < 1.29 is 8.42 Å². The van der Waals surface area contributed by atoms with Crippen molar-refractivity contribution in [1.29, 1.82) is 0 Å². The Labute approximate surface area is 136 Å². The molecule has 0 bridgehead atoms. The number of nitrogens with one attached hydrogen (secondary N) is 1. The van der Waals surface area contributed by atoms with Gasteiger partial charge in [0.05, 0.1) is 5.52 Å². The van der Waals surface area contributed by atoms with Crippen molar-refractivity contribution in [3.8, 4) is 0 Å². The van der Waals surface area contributed by atoms with E-state index in [1.807, 2.05) is 20.8 Å². The van der Waals surface area contributed by atoms with Gasteiger partial charge in [0.15, 0.2) is 5.82 Å². The number of hydrogen-bond donors (Lipinski definition) is 2. The lowest BCUT2D eigenvalue weighted by Gasteiger charge is -2.13. The van der Waals surface area contributed by atoms with Crippen molar-refractivity contribution in [2.24, 2.45) is 0 Å². The Balaban J connectivity index is 2.20. The fourth-order valence-electron chi connectivity index (χ4n) is 2.45. The minimum absolute atomic E-state index is 0.359. The molecule has 2 aromatic heterocycles. The first-order chi connectivity index (χ1) is 10.6. The number of fused-ring (bicyclic) bond motifs is 1. The summed E-state index contributed by atoms with van der Waals surface area (Å²) >= 11 is 0. The van der Waals surface area contributed by atoms with Crippen molar-refractivity contribution >= 4 is 27.1 Å². The molecule has 0 aliphatic carbocycles. The van der Waals surface area contributed by atoms with E-state index in [2.05, 4.69) is 19.3 Å². The molecule has 3 N–H and O–H groups in total. The molecule has 0 atom stereocenters. The number of anilines is 1. The molecule has 0 radical (unpaired) electrons. The van der Waals surface area contributed by atoms with Crippen LogP contribution in [0.5, 0.6) is 0 Å². The summed E-state index contributed by atoms with van der Waals surface area (Å²) in [4.78, 5) is 8.81. The Bertz CT molecular complexity index is 826. The Morgan fingerprint density at radius 1 is 1.22 bits per heavy atom. The highest BCUT2D eigenvalue weighted by Gasteiger charge is 2.16. The molecular formula is C14H24N6O2S. The predicted molar refractivity (Wildman–Crippen MR) is 91.4 cm³/mol. The van der Waals surface area contributed by atoms with Gasteiger partial charge in [0.25, 0.3) is 10.2 Å². The van der Waals surface area contributed by atoms with Crippen LogP contribution in [-0.4, -0.2) is 47.9 Å². The van der Waals surface area contributed by atoms with Crippen molar-refractivity contribution in [3.63, 3.8) is 0 Å². The van der Waals surface area contributed by atoms with Crippen LogP contribution in [-0.2, 0) is 16.8 Å². The van der Waals surface area contributed by atoms with Gasteiger partial charge in [0, 0.05) is 32.9 Å². The molecule has 23 heavy (non-hydrogen) atoms. The summed E-state index contributed by atoms with van der Waals surface area (Å²) in [5, 5.41) is 0. The Kier molecular flexibility index (Phi) is 4.92. The largest absolute Gasteiger partial charge is 0.382 e. The molecule has 0 unspecified atom stereocenters. The van der Waals surface area contributed by atoms with Crippen LogP contribution in [0, 0.1) is 20.8 Å². The maximum atomic E-state index is 11.7. The highest BCUT2D eigenvalue weighted by molar-refractivity contribution is 7.87. The maximum Gasteiger partial charge on any atom is 0.278 e. The van der Waals surface area contributed by atoms with Crippen LogP contribution >= 0.6 is 0 Å². The summed E-state index contributed by atoms with van der Waals surface area (Å²) in [5.41, 5.74) is 9.58. The molecule has 0 aromatic carbocycles. The monoisotopic (exact) mass is 340 g/mol. The summed E-state index contributed by atoms with van der Waals surface area (Å²) < 4.78 is 29.2. The van der Waals surface area contributed by atoms with Crippen LogP contribution in [0.1, 0.15) is 23.5 Å². The number of hydrogen-bond acceptors (Lipinski definition) is 5. The number of pyridine rings is 1. The molecule has 0 fully saturated rings. The van der Waals surface area contributed by atoms with Crippen LogP contribution in [0.25, 0.3) is 11.0 Å². The Morgan fingerprint density at radius 3 is 2.48 bits per heavy atom. The zero-order valence-corrected chi connectivity index (χ0v) is 15.0. The zero-order chi connectivity index (χ0) is 17.4. The molecule has 2 aromatic rings. The van der Waals surface area contributed by atoms with Crippen LogP contribution in [0.2, 0.25) is 0 Å². The van der Waals surface area contributed by atoms with E-state index in [4.69, 9.17) is 5.73 Å². The average Bonchev–Trinajstić information content (AvgIpc) is 2.78. The smallest absolute Gasteiger partial charge is 0.278 e. The molecule has 128 valence electrons. The minimum atomic E-state index is -3.39. The highest BCUT2D eigenvalue weighted by atomic mass is 32.2. The third-order valence-corrected chi connectivity index (χ3v) is 5.44. The van der Waals surface area contributed by atoms with E-state index < -0.39 is 10.2 Å². The topological polar surface area (TPSA) is 106 Å². The predicted octanol–water partition coefficient (Wildman–Crippen LogP) is 0.725. The first-order valence-electron chi connectivity index (χ1n) is 7.41. The van der Waals surface area contributed by atoms with Crippen LogP contribution in [0.15, 0.2) is 0 Å². The van der Waals surface area contributed by atoms with Crippen molar-refractivity contribution in [1.82, 2.24) is 23.6 Å². The van der Waals surface area contributed by atoms with E-state index in [-0.39, 0.29) is 0 Å². The van der Waals surface area contributed by atoms with Crippen molar-refractivity contribution in [2.75, 3.05) is 26.4 Å². The van der Waals surface area contributed by atoms with E-state index in [0.29, 0.717) is 30.8 Å². The molecule has 8 nitrogen and oxygen atoms in total. The Morgan fingerprint density at radius 2 is 1.87 bits per heavy atom. The number of aromatic nitrogens is 3. The summed E-state index contributed by atoms with van der Waals surface area (Å²) in [5.74, 6) is 1.27. The van der Waals surface area contributed by atoms with E-state index in [1.165, 1.54) is 14.1 Å². The van der Waals surface area contributed by atoms with Crippen LogP contribution in [0.3, 0.4) is 0 Å². The van der Waals surface area contributed by atoms with Gasteiger partial charge in [-0.3, -0.25) is 0 Å². The van der Waals surface area contributed by atoms with Gasteiger partial charge < -0.3 is 10.3 Å². The standard InChI is InChI=1S/C14H24N6O2S/c1-9-10(2)17-14(15)12-13(9)20(11(3)18-12)8-6-7-16-23(21,22)19(4)5/h16H,6-8H2,1-5H3,(H2,15,17). The number of imidazole rings is 1. The van der Waals surface area contributed by atoms with Gasteiger partial charge in [-0.2, -0.15) is 12.7 Å². The van der Waals surface area contributed by atoms with Gasteiger partial charge in [0.1, 0.15) is 11.3 Å². The second-order valence-corrected chi connectivity index (χ2v) is 7.72. The molecule has 0 aliphatic rings. The van der Waals surface area contributed by atoms with Crippen molar-refractivity contribution in [3.05, 3.63) is 17.1 Å². The van der Waals surface area contributed by atoms with Gasteiger partial charge in [0.2, 0.25) is 0 Å². The number of nitrogens with two attached hydrogens (primary N) is 1. The van der Waals surface area contributed by atoms with Crippen LogP contribution < -0.4 is 10.5 Å². The molecule has 0 amide bonds. The Hall–Kier alpha value is -1.71. The van der Waals surface area contributed by atoms with E-state index in [1.54, 1.807) is 0 Å². The third-order valence-electron chi connectivity index (χ3n) is 3.91. The summed E-state index contributed by atoms with van der Waals surface area (Å²) in [6.45, 7) is 6.85. The molecular weight excluding hydrogens is 316 g/mol. The normalized spacial score (nSPS) is 12.4. The molecule has 0 aliphatic heterocycles.